The van der Waals surface area contributed by atoms with Gasteiger partial charge in [-0.25, -0.2) is 0 Å². The molecule has 2 heterocycles. The molecule has 2 aliphatic rings. The summed E-state index contributed by atoms with van der Waals surface area (Å²) >= 11 is 0. The summed E-state index contributed by atoms with van der Waals surface area (Å²) in [6, 6.07) is 12.5. The van der Waals surface area contributed by atoms with Crippen LogP contribution in [0.4, 0.5) is 0 Å². The fourth-order valence-corrected chi connectivity index (χ4v) is 3.68. The van der Waals surface area contributed by atoms with Gasteiger partial charge in [0.2, 0.25) is 0 Å². The molecule has 0 amide bonds. The maximum Gasteiger partial charge on any atom is 0.0346 e. The van der Waals surface area contributed by atoms with E-state index in [1.54, 1.807) is 0 Å². The van der Waals surface area contributed by atoms with E-state index in [1.807, 2.05) is 0 Å². The Balaban J connectivity index is 1.72. The Bertz CT molecular complexity index is 376. The van der Waals surface area contributed by atoms with Gasteiger partial charge in [-0.05, 0) is 31.4 Å². The van der Waals surface area contributed by atoms with Crippen LogP contribution in [0.1, 0.15) is 37.8 Å². The SMILES string of the molecule is CCC(c1ccccc1)N1CCN2CCCC2C1. The van der Waals surface area contributed by atoms with Crippen molar-refractivity contribution in [1.82, 2.24) is 9.80 Å². The molecule has 2 heteroatoms. The van der Waals surface area contributed by atoms with E-state index in [0.717, 1.165) is 6.04 Å². The molecule has 0 radical (unpaired) electrons. The molecule has 18 heavy (non-hydrogen) atoms. The van der Waals surface area contributed by atoms with Crippen LogP contribution in [0, 0.1) is 0 Å². The molecule has 2 atom stereocenters. The minimum atomic E-state index is 0.619. The summed E-state index contributed by atoms with van der Waals surface area (Å²) in [7, 11) is 0. The lowest BCUT2D eigenvalue weighted by Crippen LogP contribution is -2.50. The van der Waals surface area contributed by atoms with Crippen molar-refractivity contribution in [1.29, 1.82) is 0 Å². The number of hydrogen-bond donors (Lipinski definition) is 0. The first-order chi connectivity index (χ1) is 8.88. The van der Waals surface area contributed by atoms with Crippen LogP contribution < -0.4 is 0 Å². The van der Waals surface area contributed by atoms with Crippen LogP contribution in [0.2, 0.25) is 0 Å². The molecule has 2 saturated heterocycles. The van der Waals surface area contributed by atoms with Crippen molar-refractivity contribution >= 4 is 0 Å². The molecule has 0 bridgehead atoms. The monoisotopic (exact) mass is 244 g/mol. The third-order valence-corrected chi connectivity index (χ3v) is 4.63. The average molecular weight is 244 g/mol. The highest BCUT2D eigenvalue weighted by molar-refractivity contribution is 5.19. The number of hydrogen-bond acceptors (Lipinski definition) is 2. The van der Waals surface area contributed by atoms with E-state index < -0.39 is 0 Å². The smallest absolute Gasteiger partial charge is 0.0346 e. The number of benzene rings is 1. The molecule has 0 N–H and O–H groups in total. The highest BCUT2D eigenvalue weighted by atomic mass is 15.3. The van der Waals surface area contributed by atoms with E-state index in [0.29, 0.717) is 6.04 Å². The Morgan fingerprint density at radius 3 is 2.78 bits per heavy atom. The first-order valence-corrected chi connectivity index (χ1v) is 7.41. The lowest BCUT2D eigenvalue weighted by Gasteiger charge is -2.41. The molecule has 2 aliphatic heterocycles. The van der Waals surface area contributed by atoms with E-state index in [1.165, 1.54) is 51.0 Å². The second-order valence-corrected chi connectivity index (χ2v) is 5.66. The average Bonchev–Trinajstić information content (AvgIpc) is 2.88. The Morgan fingerprint density at radius 2 is 2.00 bits per heavy atom. The summed E-state index contributed by atoms with van der Waals surface area (Å²) in [4.78, 5) is 5.40. The van der Waals surface area contributed by atoms with E-state index in [9.17, 15) is 0 Å². The van der Waals surface area contributed by atoms with Gasteiger partial charge in [-0.3, -0.25) is 9.80 Å². The second-order valence-electron chi connectivity index (χ2n) is 5.66. The summed E-state index contributed by atoms with van der Waals surface area (Å²) in [5.41, 5.74) is 1.49. The summed E-state index contributed by atoms with van der Waals surface area (Å²) in [6.45, 7) is 7.44. The molecule has 1 aromatic carbocycles. The third kappa shape index (κ3) is 2.32. The number of rotatable bonds is 3. The van der Waals surface area contributed by atoms with Gasteiger partial charge in [0.15, 0.2) is 0 Å². The lowest BCUT2D eigenvalue weighted by atomic mass is 10.0. The number of piperazine rings is 1. The van der Waals surface area contributed by atoms with Crippen LogP contribution in [-0.4, -0.2) is 42.0 Å². The van der Waals surface area contributed by atoms with Crippen molar-refractivity contribution in [3.8, 4) is 0 Å². The molecule has 2 nitrogen and oxygen atoms in total. The topological polar surface area (TPSA) is 6.48 Å². The van der Waals surface area contributed by atoms with Crippen LogP contribution in [0.3, 0.4) is 0 Å². The minimum Gasteiger partial charge on any atom is -0.298 e. The van der Waals surface area contributed by atoms with Crippen LogP contribution in [0.5, 0.6) is 0 Å². The molecule has 0 saturated carbocycles. The Labute approximate surface area is 111 Å². The number of nitrogens with zero attached hydrogens (tertiary/aromatic N) is 2. The van der Waals surface area contributed by atoms with Crippen LogP contribution >= 0.6 is 0 Å². The van der Waals surface area contributed by atoms with Gasteiger partial charge in [-0.1, -0.05) is 37.3 Å². The third-order valence-electron chi connectivity index (χ3n) is 4.63. The maximum atomic E-state index is 2.71. The molecular weight excluding hydrogens is 220 g/mol. The molecule has 98 valence electrons. The summed E-state index contributed by atoms with van der Waals surface area (Å²) in [5, 5.41) is 0. The normalized spacial score (nSPS) is 27.1. The molecule has 1 aromatic rings. The highest BCUT2D eigenvalue weighted by Crippen LogP contribution is 2.29. The molecular formula is C16H24N2. The first-order valence-electron chi connectivity index (χ1n) is 7.41. The van der Waals surface area contributed by atoms with Crippen molar-refractivity contribution in [3.05, 3.63) is 35.9 Å². The van der Waals surface area contributed by atoms with Crippen molar-refractivity contribution in [3.63, 3.8) is 0 Å². The molecule has 3 rings (SSSR count). The Kier molecular flexibility index (Phi) is 3.67. The largest absolute Gasteiger partial charge is 0.298 e. The van der Waals surface area contributed by atoms with Crippen LogP contribution in [0.25, 0.3) is 0 Å². The lowest BCUT2D eigenvalue weighted by molar-refractivity contribution is 0.0695. The predicted octanol–water partition coefficient (Wildman–Crippen LogP) is 2.92. The zero-order valence-electron chi connectivity index (χ0n) is 11.4. The van der Waals surface area contributed by atoms with Gasteiger partial charge in [0, 0.05) is 31.7 Å². The molecule has 2 unspecified atom stereocenters. The van der Waals surface area contributed by atoms with E-state index >= 15 is 0 Å². The van der Waals surface area contributed by atoms with Gasteiger partial charge in [0.25, 0.3) is 0 Å². The van der Waals surface area contributed by atoms with Crippen LogP contribution in [0.15, 0.2) is 30.3 Å². The fourth-order valence-electron chi connectivity index (χ4n) is 3.68. The Morgan fingerprint density at radius 1 is 1.17 bits per heavy atom. The second kappa shape index (κ2) is 5.41. The zero-order valence-corrected chi connectivity index (χ0v) is 11.4. The van der Waals surface area contributed by atoms with E-state index in [2.05, 4.69) is 47.1 Å². The van der Waals surface area contributed by atoms with Crippen molar-refractivity contribution in [2.24, 2.45) is 0 Å². The number of fused-ring (bicyclic) bond motifs is 1. The molecule has 0 aromatic heterocycles. The molecule has 0 spiro atoms. The minimum absolute atomic E-state index is 0.619. The maximum absolute atomic E-state index is 2.71. The van der Waals surface area contributed by atoms with Crippen molar-refractivity contribution in [2.45, 2.75) is 38.3 Å². The highest BCUT2D eigenvalue weighted by Gasteiger charge is 2.33. The van der Waals surface area contributed by atoms with Gasteiger partial charge >= 0.3 is 0 Å². The van der Waals surface area contributed by atoms with Gasteiger partial charge in [0.05, 0.1) is 0 Å². The quantitative estimate of drug-likeness (QED) is 0.806. The molecule has 0 aliphatic carbocycles. The first kappa shape index (κ1) is 12.2. The summed E-state index contributed by atoms with van der Waals surface area (Å²) in [6.07, 6.45) is 4.03. The summed E-state index contributed by atoms with van der Waals surface area (Å²) < 4.78 is 0. The van der Waals surface area contributed by atoms with Gasteiger partial charge < -0.3 is 0 Å². The van der Waals surface area contributed by atoms with Crippen molar-refractivity contribution < 1.29 is 0 Å². The summed E-state index contributed by atoms with van der Waals surface area (Å²) in [5.74, 6) is 0. The zero-order chi connectivity index (χ0) is 12.4. The van der Waals surface area contributed by atoms with Gasteiger partial charge in [0.1, 0.15) is 0 Å². The predicted molar refractivity (Wildman–Crippen MR) is 75.6 cm³/mol. The fraction of sp³-hybridized carbons (Fsp3) is 0.625. The van der Waals surface area contributed by atoms with Crippen molar-refractivity contribution in [2.75, 3.05) is 26.2 Å². The Hall–Kier alpha value is -0.860. The van der Waals surface area contributed by atoms with Gasteiger partial charge in [-0.15, -0.1) is 0 Å². The van der Waals surface area contributed by atoms with Crippen LogP contribution in [-0.2, 0) is 0 Å². The standard InChI is InChI=1S/C16H24N2/c1-2-16(14-7-4-3-5-8-14)18-12-11-17-10-6-9-15(17)13-18/h3-5,7-8,15-16H,2,6,9-13H2,1H3. The molecule has 2 fully saturated rings. The van der Waals surface area contributed by atoms with E-state index in [4.69, 9.17) is 0 Å². The van der Waals surface area contributed by atoms with Gasteiger partial charge in [-0.2, -0.15) is 0 Å². The van der Waals surface area contributed by atoms with E-state index in [-0.39, 0.29) is 0 Å².